The third-order valence-electron chi connectivity index (χ3n) is 15.4. The number of aliphatic carboxylic acids is 2. The molecule has 0 spiro atoms. The highest BCUT2D eigenvalue weighted by Gasteiger charge is 2.55. The van der Waals surface area contributed by atoms with E-state index < -0.39 is 183 Å². The van der Waals surface area contributed by atoms with E-state index in [0.717, 1.165) is 47.6 Å². The molecule has 0 saturated carbocycles. The molecule has 1 amide bonds. The number of esters is 4. The second-order valence-electron chi connectivity index (χ2n) is 21.9. The second kappa shape index (κ2) is 33.9. The molecule has 4 aliphatic heterocycles. The molecule has 5 heterocycles. The van der Waals surface area contributed by atoms with Crippen LogP contribution in [0.3, 0.4) is 0 Å². The summed E-state index contributed by atoms with van der Waals surface area (Å²) in [6.45, 7) is 5.00. The lowest BCUT2D eigenvalue weighted by Gasteiger charge is -2.44. The van der Waals surface area contributed by atoms with Gasteiger partial charge >= 0.3 is 41.5 Å². The number of amides is 1. The molecule has 4 saturated heterocycles. The Morgan fingerprint density at radius 3 is 2.10 bits per heavy atom. The highest BCUT2D eigenvalue weighted by atomic mass is 16.7. The molecule has 474 valence electrons. The van der Waals surface area contributed by atoms with Crippen molar-refractivity contribution in [2.75, 3.05) is 41.4 Å². The van der Waals surface area contributed by atoms with Gasteiger partial charge in [-0.15, -0.1) is 0 Å². The number of hydrogen-bond acceptors (Lipinski definition) is 23. The van der Waals surface area contributed by atoms with Gasteiger partial charge in [0.15, 0.2) is 24.5 Å². The molecule has 4 fully saturated rings. The molecule has 1 aromatic heterocycles. The SMILES string of the molecule is CCCCCCC/C=C\CCC[C@H](CC(=O)O[C@@H]1CN(C)[C@H]([C@H](O[C@H]2C[C@H](O)[C@@H](CN)O2)[C@H]2O[C@@H](n3ccc(=O)[nH]c3=O)C[C@@H]2O)C(=O)N(C)[C@@H]1C(=O)O)OC(=O)C[C@H](C)CC(=O)O[C@H]1O[C@H](CC)[C@@H](OC)[C@@H](OC(=O)CCC(=O)O)[C@H]1OC. The summed E-state index contributed by atoms with van der Waals surface area (Å²) in [4.78, 5) is 122. The molecule has 0 radical (unpaired) electrons. The smallest absolute Gasteiger partial charge is 0.330 e. The monoisotopic (exact) mass is 1200 g/mol. The first-order chi connectivity index (χ1) is 40.0. The van der Waals surface area contributed by atoms with Crippen LogP contribution in [0.1, 0.15) is 136 Å². The third kappa shape index (κ3) is 19.7. The van der Waals surface area contributed by atoms with Gasteiger partial charge in [-0.3, -0.25) is 48.0 Å². The molecule has 7 N–H and O–H groups in total. The van der Waals surface area contributed by atoms with Crippen LogP contribution in [-0.2, 0) is 80.9 Å². The number of aliphatic hydroxyl groups is 2. The van der Waals surface area contributed by atoms with Gasteiger partial charge in [-0.1, -0.05) is 58.6 Å². The number of carboxylic acid groups (broad SMARTS) is 2. The molecule has 1 aromatic rings. The van der Waals surface area contributed by atoms with E-state index in [1.54, 1.807) is 13.8 Å². The predicted molar refractivity (Wildman–Crippen MR) is 292 cm³/mol. The number of allylic oxidation sites excluding steroid dienone is 2. The molecule has 0 bridgehead atoms. The summed E-state index contributed by atoms with van der Waals surface area (Å²) in [5.41, 5.74) is 4.29. The van der Waals surface area contributed by atoms with Crippen LogP contribution in [0.5, 0.6) is 0 Å². The van der Waals surface area contributed by atoms with Crippen LogP contribution in [0.2, 0.25) is 0 Å². The van der Waals surface area contributed by atoms with Crippen molar-refractivity contribution in [3.63, 3.8) is 0 Å². The Balaban J connectivity index is 1.31. The van der Waals surface area contributed by atoms with Crippen molar-refractivity contribution in [2.24, 2.45) is 11.7 Å². The van der Waals surface area contributed by atoms with E-state index >= 15 is 0 Å². The molecule has 0 aromatic carbocycles. The minimum absolute atomic E-state index is 0.0930. The number of aromatic nitrogens is 2. The Bertz CT molecular complexity index is 2470. The van der Waals surface area contributed by atoms with Crippen molar-refractivity contribution in [3.05, 3.63) is 45.3 Å². The summed E-state index contributed by atoms with van der Waals surface area (Å²) in [7, 11) is 5.28. The molecule has 28 nitrogen and oxygen atoms in total. The summed E-state index contributed by atoms with van der Waals surface area (Å²) in [5.74, 6) is -7.71. The number of ether oxygens (including phenoxy) is 10. The molecule has 0 unspecified atom stereocenters. The van der Waals surface area contributed by atoms with Crippen LogP contribution in [0.25, 0.3) is 0 Å². The minimum Gasteiger partial charge on any atom is -0.481 e. The molecular weight excluding hydrogens is 1110 g/mol. The quantitative estimate of drug-likeness (QED) is 0.0251. The fourth-order valence-corrected chi connectivity index (χ4v) is 11.0. The van der Waals surface area contributed by atoms with Crippen LogP contribution in [0.15, 0.2) is 34.0 Å². The summed E-state index contributed by atoms with van der Waals surface area (Å²) < 4.78 is 59.8. The van der Waals surface area contributed by atoms with E-state index in [0.29, 0.717) is 19.3 Å². The standard InChI is InChI=1S/C56H87N5O23/c1-8-10-11-12-13-14-15-16-17-18-19-32(77-42(68)24-31(3)25-43(69)83-55-52(76-7)51(49(75-6)35(9-2)80-55)82-41(67)21-20-40(65)66)26-44(70)78-37-30-59(4)47(53(71)60(5)46(37)54(72)73)50(84-45-28-33(62)36(29-57)79-45)48-34(63)27-39(81-48)61-23-22-38(64)58-56(61)74/h15-16,22-23,31-37,39,45-52,55,62-63H,8-14,17-21,24-30,57H2,1-7H3,(H,65,66)(H,72,73)(H,58,64,74)/b16-15-/t31-,32+,33-,34-,35+,36+,37+,39+,45-,46-,47+,48-,49+,50-,51+,52+,55+/m0/s1. The second-order valence-corrected chi connectivity index (χ2v) is 21.9. The van der Waals surface area contributed by atoms with Gasteiger partial charge in [-0.25, -0.2) is 9.59 Å². The molecule has 17 atom stereocenters. The van der Waals surface area contributed by atoms with Crippen molar-refractivity contribution in [1.29, 1.82) is 0 Å². The zero-order valence-electron chi connectivity index (χ0n) is 49.0. The van der Waals surface area contributed by atoms with Gasteiger partial charge in [0.25, 0.3) is 5.56 Å². The van der Waals surface area contributed by atoms with Crippen LogP contribution in [-0.4, -0.2) is 215 Å². The first kappa shape index (κ1) is 69.1. The lowest BCUT2D eigenvalue weighted by molar-refractivity contribution is -0.299. The van der Waals surface area contributed by atoms with Crippen molar-refractivity contribution < 1.29 is 101 Å². The Kier molecular flexibility index (Phi) is 27.8. The first-order valence-corrected chi connectivity index (χ1v) is 28.9. The van der Waals surface area contributed by atoms with Crippen molar-refractivity contribution >= 4 is 41.7 Å². The molecular formula is C56H87N5O23. The number of unbranched alkanes of at least 4 members (excludes halogenated alkanes) is 6. The maximum Gasteiger partial charge on any atom is 0.330 e. The number of aliphatic hydroxyl groups excluding tert-OH is 2. The van der Waals surface area contributed by atoms with E-state index in [1.165, 1.54) is 45.8 Å². The van der Waals surface area contributed by atoms with Crippen molar-refractivity contribution in [1.82, 2.24) is 19.4 Å². The Morgan fingerprint density at radius 2 is 1.46 bits per heavy atom. The van der Waals surface area contributed by atoms with Gasteiger partial charge in [0.2, 0.25) is 12.2 Å². The van der Waals surface area contributed by atoms with Gasteiger partial charge in [-0.05, 0) is 51.5 Å². The molecule has 28 heteroatoms. The number of H-pyrrole nitrogens is 1. The number of carboxylic acids is 2. The number of rotatable bonds is 33. The Morgan fingerprint density at radius 1 is 0.786 bits per heavy atom. The van der Waals surface area contributed by atoms with E-state index in [4.69, 9.17) is 58.2 Å². The zero-order valence-corrected chi connectivity index (χ0v) is 49.0. The first-order valence-electron chi connectivity index (χ1n) is 28.9. The van der Waals surface area contributed by atoms with E-state index in [2.05, 4.69) is 18.0 Å². The van der Waals surface area contributed by atoms with Crippen LogP contribution in [0.4, 0.5) is 0 Å². The fourth-order valence-electron chi connectivity index (χ4n) is 11.0. The summed E-state index contributed by atoms with van der Waals surface area (Å²) in [6, 6.07) is -2.21. The number of nitrogens with two attached hydrogens (primary N) is 1. The third-order valence-corrected chi connectivity index (χ3v) is 15.4. The lowest BCUT2D eigenvalue weighted by Crippen LogP contribution is -2.61. The topological polar surface area (TPSA) is 380 Å². The van der Waals surface area contributed by atoms with Gasteiger partial charge in [0.1, 0.15) is 42.8 Å². The fraction of sp³-hybridized carbons (Fsp3) is 0.768. The Labute approximate surface area is 487 Å². The van der Waals surface area contributed by atoms with E-state index in [1.807, 2.05) is 6.08 Å². The maximum atomic E-state index is 14.7. The highest BCUT2D eigenvalue weighted by molar-refractivity contribution is 5.89. The van der Waals surface area contributed by atoms with Gasteiger partial charge in [-0.2, -0.15) is 0 Å². The summed E-state index contributed by atoms with van der Waals surface area (Å²) in [6.07, 6.45) is -5.85. The number of carbonyl (C=O) groups is 7. The van der Waals surface area contributed by atoms with Crippen molar-refractivity contribution in [3.8, 4) is 0 Å². The molecule has 5 rings (SSSR count). The summed E-state index contributed by atoms with van der Waals surface area (Å²) in [5, 5.41) is 42.0. The molecule has 84 heavy (non-hydrogen) atoms. The van der Waals surface area contributed by atoms with Gasteiger partial charge in [0, 0.05) is 72.3 Å². The Hall–Kier alpha value is -5.69. The van der Waals surface area contributed by atoms with Gasteiger partial charge < -0.3 is 78.4 Å². The number of carbonyl (C=O) groups excluding carboxylic acids is 5. The predicted octanol–water partition coefficient (Wildman–Crippen LogP) is 1.43. The average molecular weight is 1200 g/mol. The molecule has 0 aliphatic carbocycles. The van der Waals surface area contributed by atoms with Crippen LogP contribution < -0.4 is 17.0 Å². The average Bonchev–Trinajstić information content (AvgIpc) is 2.06. The minimum atomic E-state index is -1.80. The number of methoxy groups -OCH3 is 2. The molecule has 4 aliphatic rings. The summed E-state index contributed by atoms with van der Waals surface area (Å²) >= 11 is 0. The number of likely N-dealkylation sites (N-methyl/N-ethyl adjacent to an activating group) is 2. The normalized spacial score (nSPS) is 29.5. The number of aromatic amines is 1. The lowest BCUT2D eigenvalue weighted by atomic mass is 9.96. The highest BCUT2D eigenvalue weighted by Crippen LogP contribution is 2.37. The maximum absolute atomic E-state index is 14.7. The number of hydrogen-bond donors (Lipinski definition) is 6. The van der Waals surface area contributed by atoms with Crippen LogP contribution in [0, 0.1) is 5.92 Å². The van der Waals surface area contributed by atoms with E-state index in [9.17, 15) is 58.5 Å². The zero-order chi connectivity index (χ0) is 61.8. The van der Waals surface area contributed by atoms with Crippen molar-refractivity contribution in [2.45, 2.75) is 228 Å². The van der Waals surface area contributed by atoms with E-state index in [-0.39, 0.29) is 38.6 Å². The number of nitrogens with zero attached hydrogens (tertiary/aromatic N) is 3. The largest absolute Gasteiger partial charge is 0.481 e. The van der Waals surface area contributed by atoms with Gasteiger partial charge in [0.05, 0.1) is 43.7 Å². The van der Waals surface area contributed by atoms with Crippen LogP contribution >= 0.6 is 0 Å². The number of nitrogens with one attached hydrogen (secondary N) is 1.